The summed E-state index contributed by atoms with van der Waals surface area (Å²) in [7, 11) is 0.717. The lowest BCUT2D eigenvalue weighted by molar-refractivity contribution is 0.0132. The molecule has 0 aromatic rings. The van der Waals surface area contributed by atoms with Gasteiger partial charge in [-0.2, -0.15) is 0 Å². The molecule has 156 valence electrons. The van der Waals surface area contributed by atoms with Gasteiger partial charge in [-0.15, -0.1) is 0 Å². The molecule has 7 heteroatoms. The second-order valence-electron chi connectivity index (χ2n) is 5.62. The highest BCUT2D eigenvalue weighted by Gasteiger charge is 2.08. The van der Waals surface area contributed by atoms with Gasteiger partial charge in [-0.3, -0.25) is 0 Å². The summed E-state index contributed by atoms with van der Waals surface area (Å²) in [6, 6.07) is 0. The molecule has 0 saturated carbocycles. The minimum Gasteiger partial charge on any atom is -0.502 e. The Balaban J connectivity index is 4.21. The van der Waals surface area contributed by atoms with Crippen molar-refractivity contribution in [3.63, 3.8) is 0 Å². The van der Waals surface area contributed by atoms with Crippen LogP contribution in [0.25, 0.3) is 0 Å². The minimum absolute atomic E-state index is 0.512. The summed E-state index contributed by atoms with van der Waals surface area (Å²) in [5, 5.41) is 0.796. The SMILES string of the molecule is C=COCCCCOC([SiH3])=C(OCCCCOC=C)OCCCCOC=C. The summed E-state index contributed by atoms with van der Waals surface area (Å²) in [6.45, 7) is 14.3. The first kappa shape index (κ1) is 25.0. The van der Waals surface area contributed by atoms with Crippen LogP contribution in [0, 0.1) is 0 Å². The molecule has 0 heterocycles. The summed E-state index contributed by atoms with van der Waals surface area (Å²) >= 11 is 0. The molecule has 0 amide bonds. The quantitative estimate of drug-likeness (QED) is 0.167. The lowest BCUT2D eigenvalue weighted by atomic mass is 10.3. The van der Waals surface area contributed by atoms with Crippen molar-refractivity contribution in [1.82, 2.24) is 0 Å². The highest BCUT2D eigenvalue weighted by Crippen LogP contribution is 2.11. The zero-order valence-electron chi connectivity index (χ0n) is 16.8. The van der Waals surface area contributed by atoms with Crippen molar-refractivity contribution < 1.29 is 28.4 Å². The molecule has 27 heavy (non-hydrogen) atoms. The predicted molar refractivity (Wildman–Crippen MR) is 111 cm³/mol. The third-order valence-electron chi connectivity index (χ3n) is 3.40. The number of hydrogen-bond acceptors (Lipinski definition) is 6. The van der Waals surface area contributed by atoms with E-state index >= 15 is 0 Å². The van der Waals surface area contributed by atoms with Gasteiger partial charge in [0.1, 0.15) is 5.38 Å². The molecule has 0 radical (unpaired) electrons. The molecule has 0 aromatic heterocycles. The molecule has 0 N–H and O–H groups in total. The van der Waals surface area contributed by atoms with Crippen LogP contribution in [0.1, 0.15) is 38.5 Å². The molecular weight excluding hydrogens is 364 g/mol. The second-order valence-corrected chi connectivity index (χ2v) is 6.53. The first-order valence-electron chi connectivity index (χ1n) is 9.53. The van der Waals surface area contributed by atoms with E-state index in [4.69, 9.17) is 28.4 Å². The highest BCUT2D eigenvalue weighted by molar-refractivity contribution is 6.20. The van der Waals surface area contributed by atoms with Crippen molar-refractivity contribution in [3.05, 3.63) is 49.9 Å². The molecule has 0 aromatic carbocycles. The Kier molecular flexibility index (Phi) is 18.8. The average molecular weight is 401 g/mol. The lowest BCUT2D eigenvalue weighted by Gasteiger charge is -2.16. The predicted octanol–water partition coefficient (Wildman–Crippen LogP) is 3.35. The number of rotatable bonds is 21. The van der Waals surface area contributed by atoms with Crippen LogP contribution in [0.2, 0.25) is 0 Å². The van der Waals surface area contributed by atoms with Crippen LogP contribution < -0.4 is 0 Å². The fraction of sp³-hybridized carbons (Fsp3) is 0.600. The van der Waals surface area contributed by atoms with Crippen molar-refractivity contribution >= 4 is 10.2 Å². The monoisotopic (exact) mass is 400 g/mol. The smallest absolute Gasteiger partial charge is 0.312 e. The largest absolute Gasteiger partial charge is 0.502 e. The molecule has 0 rings (SSSR count). The van der Waals surface area contributed by atoms with Crippen LogP contribution >= 0.6 is 0 Å². The first-order valence-corrected chi connectivity index (χ1v) is 10.5. The van der Waals surface area contributed by atoms with E-state index < -0.39 is 0 Å². The number of hydrogen-bond donors (Lipinski definition) is 0. The van der Waals surface area contributed by atoms with Gasteiger partial charge in [-0.05, 0) is 38.5 Å². The highest BCUT2D eigenvalue weighted by atomic mass is 28.1. The topological polar surface area (TPSA) is 55.4 Å². The van der Waals surface area contributed by atoms with Crippen LogP contribution in [0.4, 0.5) is 0 Å². The van der Waals surface area contributed by atoms with E-state index in [0.29, 0.717) is 55.8 Å². The Morgan fingerprint density at radius 3 is 1.26 bits per heavy atom. The van der Waals surface area contributed by atoms with E-state index in [-0.39, 0.29) is 0 Å². The first-order chi connectivity index (χ1) is 13.3. The number of ether oxygens (including phenoxy) is 6. The minimum atomic E-state index is 0.512. The molecule has 0 aliphatic carbocycles. The van der Waals surface area contributed by atoms with Crippen molar-refractivity contribution in [2.75, 3.05) is 39.6 Å². The molecule has 0 spiro atoms. The third-order valence-corrected chi connectivity index (χ3v) is 4.09. The van der Waals surface area contributed by atoms with Gasteiger partial charge in [0.2, 0.25) is 0 Å². The van der Waals surface area contributed by atoms with E-state index in [2.05, 4.69) is 19.7 Å². The van der Waals surface area contributed by atoms with Crippen molar-refractivity contribution in [2.24, 2.45) is 0 Å². The van der Waals surface area contributed by atoms with Gasteiger partial charge in [-0.1, -0.05) is 19.7 Å². The Morgan fingerprint density at radius 1 is 0.556 bits per heavy atom. The standard InChI is InChI=1S/C20H36O6Si/c1-4-21-13-7-10-16-24-19(25-17-11-8-14-22-5-2)20(27)26-18-12-9-15-23-6-3/h4-6H,1-3,7-18H2,27H3. The fourth-order valence-electron chi connectivity index (χ4n) is 1.97. The average Bonchev–Trinajstić information content (AvgIpc) is 2.68. The van der Waals surface area contributed by atoms with Gasteiger partial charge in [0.05, 0.1) is 68.7 Å². The van der Waals surface area contributed by atoms with E-state index in [1.807, 2.05) is 0 Å². The van der Waals surface area contributed by atoms with Crippen LogP contribution in [0.15, 0.2) is 49.9 Å². The molecule has 0 aliphatic heterocycles. The zero-order chi connectivity index (χ0) is 20.0. The van der Waals surface area contributed by atoms with Gasteiger partial charge < -0.3 is 28.4 Å². The zero-order valence-corrected chi connectivity index (χ0v) is 18.8. The third kappa shape index (κ3) is 17.2. The van der Waals surface area contributed by atoms with E-state index in [1.54, 1.807) is 0 Å². The summed E-state index contributed by atoms with van der Waals surface area (Å²) in [6.07, 6.45) is 9.75. The van der Waals surface area contributed by atoms with Gasteiger partial charge in [-0.25, -0.2) is 0 Å². The van der Waals surface area contributed by atoms with Gasteiger partial charge >= 0.3 is 5.95 Å². The fourth-order valence-corrected chi connectivity index (χ4v) is 2.46. The molecular formula is C20H36O6Si. The molecule has 0 bridgehead atoms. The second kappa shape index (κ2) is 20.3. The summed E-state index contributed by atoms with van der Waals surface area (Å²) < 4.78 is 32.7. The van der Waals surface area contributed by atoms with Crippen LogP contribution in [0.3, 0.4) is 0 Å². The van der Waals surface area contributed by atoms with Crippen LogP contribution in [0.5, 0.6) is 0 Å². The van der Waals surface area contributed by atoms with E-state index in [9.17, 15) is 0 Å². The molecule has 6 nitrogen and oxygen atoms in total. The maximum absolute atomic E-state index is 5.81. The van der Waals surface area contributed by atoms with Crippen molar-refractivity contribution in [2.45, 2.75) is 38.5 Å². The molecule has 0 atom stereocenters. The van der Waals surface area contributed by atoms with E-state index in [1.165, 1.54) is 18.8 Å². The van der Waals surface area contributed by atoms with Crippen molar-refractivity contribution in [3.8, 4) is 0 Å². The molecule has 0 unspecified atom stereocenters. The number of unbranched alkanes of at least 4 members (excludes halogenated alkanes) is 3. The Morgan fingerprint density at radius 2 is 0.889 bits per heavy atom. The maximum Gasteiger partial charge on any atom is 0.312 e. The Labute approximate surface area is 167 Å². The van der Waals surface area contributed by atoms with Gasteiger partial charge in [0, 0.05) is 0 Å². The Bertz CT molecular complexity index is 389. The summed E-state index contributed by atoms with van der Waals surface area (Å²) in [5.74, 6) is 0.512. The normalized spacial score (nSPS) is 9.78. The van der Waals surface area contributed by atoms with Crippen LogP contribution in [-0.2, 0) is 28.4 Å². The summed E-state index contributed by atoms with van der Waals surface area (Å²) in [5.41, 5.74) is 0. The summed E-state index contributed by atoms with van der Waals surface area (Å²) in [4.78, 5) is 0. The van der Waals surface area contributed by atoms with Crippen molar-refractivity contribution in [1.29, 1.82) is 0 Å². The molecule has 0 saturated heterocycles. The lowest BCUT2D eigenvalue weighted by Crippen LogP contribution is -2.09. The molecule has 0 aliphatic rings. The maximum atomic E-state index is 5.81. The van der Waals surface area contributed by atoms with Gasteiger partial charge in [0.15, 0.2) is 0 Å². The van der Waals surface area contributed by atoms with Crippen LogP contribution in [-0.4, -0.2) is 49.9 Å². The Hall–Kier alpha value is -2.02. The van der Waals surface area contributed by atoms with Gasteiger partial charge in [0.25, 0.3) is 0 Å². The molecule has 0 fully saturated rings. The van der Waals surface area contributed by atoms with E-state index in [0.717, 1.165) is 43.9 Å².